The molecule has 1 saturated heterocycles. The van der Waals surface area contributed by atoms with Gasteiger partial charge in [-0.15, -0.1) is 0 Å². The highest BCUT2D eigenvalue weighted by atomic mass is 16.5. The lowest BCUT2D eigenvalue weighted by Gasteiger charge is -2.25. The Kier molecular flexibility index (Phi) is 6.03. The maximum absolute atomic E-state index is 13.3. The first-order valence-corrected chi connectivity index (χ1v) is 11.7. The van der Waals surface area contributed by atoms with E-state index < -0.39 is 17.7 Å². The molecule has 2 unspecified atom stereocenters. The van der Waals surface area contributed by atoms with Gasteiger partial charge in [0.05, 0.1) is 18.7 Å². The van der Waals surface area contributed by atoms with Crippen molar-refractivity contribution in [2.24, 2.45) is 0 Å². The van der Waals surface area contributed by atoms with E-state index >= 15 is 0 Å². The summed E-state index contributed by atoms with van der Waals surface area (Å²) in [5.74, 6) is -0.0107. The van der Waals surface area contributed by atoms with E-state index in [0.29, 0.717) is 24.3 Å². The van der Waals surface area contributed by atoms with Crippen molar-refractivity contribution in [1.29, 1.82) is 0 Å². The number of nitrogens with zero attached hydrogens (tertiary/aromatic N) is 1. The minimum Gasteiger partial charge on any atom is -0.507 e. The maximum atomic E-state index is 13.3. The van der Waals surface area contributed by atoms with Gasteiger partial charge in [-0.1, -0.05) is 42.5 Å². The van der Waals surface area contributed by atoms with Crippen molar-refractivity contribution >= 4 is 17.4 Å². The Labute approximate surface area is 204 Å². The van der Waals surface area contributed by atoms with Gasteiger partial charge in [0, 0.05) is 18.5 Å². The summed E-state index contributed by atoms with van der Waals surface area (Å²) in [5, 5.41) is 11.4. The van der Waals surface area contributed by atoms with E-state index in [1.54, 1.807) is 30.2 Å². The number of methoxy groups -OCH3 is 1. The van der Waals surface area contributed by atoms with Crippen LogP contribution in [0.5, 0.6) is 11.5 Å². The van der Waals surface area contributed by atoms with Crippen molar-refractivity contribution in [2.45, 2.75) is 31.9 Å². The first-order chi connectivity index (χ1) is 17.0. The summed E-state index contributed by atoms with van der Waals surface area (Å²) >= 11 is 0. The lowest BCUT2D eigenvalue weighted by Crippen LogP contribution is -2.31. The topological polar surface area (TPSA) is 76.1 Å². The molecule has 6 heteroatoms. The minimum atomic E-state index is -0.701. The molecule has 1 amide bonds. The van der Waals surface area contributed by atoms with Crippen molar-refractivity contribution in [3.63, 3.8) is 0 Å². The molecule has 0 radical (unpaired) electrons. The Balaban J connectivity index is 1.57. The van der Waals surface area contributed by atoms with Crippen LogP contribution in [0.15, 0.2) is 78.4 Å². The lowest BCUT2D eigenvalue weighted by atomic mass is 9.94. The van der Waals surface area contributed by atoms with Gasteiger partial charge in [-0.3, -0.25) is 9.59 Å². The molecule has 0 spiro atoms. The van der Waals surface area contributed by atoms with Crippen molar-refractivity contribution in [1.82, 2.24) is 4.90 Å². The molecule has 0 saturated carbocycles. The zero-order valence-corrected chi connectivity index (χ0v) is 19.7. The number of aliphatic hydroxyl groups excluding tert-OH is 1. The maximum Gasteiger partial charge on any atom is 0.295 e. The number of fused-ring (bicyclic) bond motifs is 1. The summed E-state index contributed by atoms with van der Waals surface area (Å²) in [6.07, 6.45) is 1.38. The van der Waals surface area contributed by atoms with E-state index in [4.69, 9.17) is 9.47 Å². The van der Waals surface area contributed by atoms with Gasteiger partial charge in [-0.05, 0) is 60.4 Å². The van der Waals surface area contributed by atoms with Crippen LogP contribution >= 0.6 is 0 Å². The third kappa shape index (κ3) is 4.28. The van der Waals surface area contributed by atoms with Gasteiger partial charge in [0.15, 0.2) is 0 Å². The largest absolute Gasteiger partial charge is 0.507 e. The number of amides is 1. The van der Waals surface area contributed by atoms with E-state index in [1.807, 2.05) is 61.5 Å². The van der Waals surface area contributed by atoms with Crippen LogP contribution in [0.4, 0.5) is 0 Å². The third-order valence-corrected chi connectivity index (χ3v) is 6.63. The molecule has 1 fully saturated rings. The number of Topliss-reactive ketones (excluding diaryl/α,β-unsaturated/α-hetero) is 1. The number of hydrogen-bond acceptors (Lipinski definition) is 5. The van der Waals surface area contributed by atoms with Crippen molar-refractivity contribution < 1.29 is 24.2 Å². The molecule has 2 heterocycles. The molecule has 6 nitrogen and oxygen atoms in total. The molecule has 3 aromatic carbocycles. The summed E-state index contributed by atoms with van der Waals surface area (Å²) in [7, 11) is 1.58. The molecule has 0 bridgehead atoms. The van der Waals surface area contributed by atoms with Crippen LogP contribution in [0, 0.1) is 0 Å². The molecule has 0 aliphatic carbocycles. The Bertz CT molecular complexity index is 1300. The van der Waals surface area contributed by atoms with E-state index in [-0.39, 0.29) is 17.4 Å². The van der Waals surface area contributed by atoms with Crippen molar-refractivity contribution in [2.75, 3.05) is 13.7 Å². The van der Waals surface area contributed by atoms with Gasteiger partial charge in [-0.25, -0.2) is 0 Å². The first kappa shape index (κ1) is 22.7. The number of benzene rings is 3. The van der Waals surface area contributed by atoms with Crippen LogP contribution in [-0.4, -0.2) is 41.5 Å². The fourth-order valence-electron chi connectivity index (χ4n) is 4.86. The molecule has 2 aliphatic rings. The number of ketones is 1. The number of ether oxygens (including phenoxy) is 2. The van der Waals surface area contributed by atoms with Gasteiger partial charge < -0.3 is 19.5 Å². The van der Waals surface area contributed by atoms with Gasteiger partial charge in [0.1, 0.15) is 23.4 Å². The molecular formula is C29H27NO5. The summed E-state index contributed by atoms with van der Waals surface area (Å²) in [6, 6.07) is 21.7. The molecule has 3 aromatic rings. The summed E-state index contributed by atoms with van der Waals surface area (Å²) < 4.78 is 11.1. The fraction of sp³-hybridized carbons (Fsp3) is 0.241. The average molecular weight is 470 g/mol. The zero-order chi connectivity index (χ0) is 24.5. The molecule has 1 N–H and O–H groups in total. The Morgan fingerprint density at radius 2 is 1.80 bits per heavy atom. The fourth-order valence-corrected chi connectivity index (χ4v) is 4.86. The van der Waals surface area contributed by atoms with Crippen LogP contribution < -0.4 is 9.47 Å². The van der Waals surface area contributed by atoms with Crippen LogP contribution in [0.3, 0.4) is 0 Å². The molecule has 0 aromatic heterocycles. The molecule has 2 aliphatic heterocycles. The van der Waals surface area contributed by atoms with Gasteiger partial charge in [0.25, 0.3) is 11.7 Å². The van der Waals surface area contributed by atoms with Crippen molar-refractivity contribution in [3.05, 3.63) is 101 Å². The smallest absolute Gasteiger partial charge is 0.295 e. The predicted molar refractivity (Wildman–Crippen MR) is 132 cm³/mol. The third-order valence-electron chi connectivity index (χ3n) is 6.63. The number of hydrogen-bond donors (Lipinski definition) is 1. The zero-order valence-electron chi connectivity index (χ0n) is 19.7. The van der Waals surface area contributed by atoms with Crippen LogP contribution in [-0.2, 0) is 22.4 Å². The number of rotatable bonds is 6. The van der Waals surface area contributed by atoms with Crippen LogP contribution in [0.2, 0.25) is 0 Å². The number of carbonyl (C=O) groups is 2. The highest BCUT2D eigenvalue weighted by Gasteiger charge is 2.46. The molecule has 35 heavy (non-hydrogen) atoms. The van der Waals surface area contributed by atoms with Crippen LogP contribution in [0.25, 0.3) is 5.76 Å². The second-order valence-electron chi connectivity index (χ2n) is 8.96. The summed E-state index contributed by atoms with van der Waals surface area (Å²) in [4.78, 5) is 28.0. The first-order valence-electron chi connectivity index (χ1n) is 11.7. The minimum absolute atomic E-state index is 0.0604. The Morgan fingerprint density at radius 1 is 1.06 bits per heavy atom. The second-order valence-corrected chi connectivity index (χ2v) is 8.96. The normalized spacial score (nSPS) is 20.6. The molecule has 178 valence electrons. The van der Waals surface area contributed by atoms with Crippen molar-refractivity contribution in [3.8, 4) is 11.5 Å². The highest BCUT2D eigenvalue weighted by Crippen LogP contribution is 2.41. The van der Waals surface area contributed by atoms with E-state index in [2.05, 4.69) is 0 Å². The van der Waals surface area contributed by atoms with Gasteiger partial charge >= 0.3 is 0 Å². The SMILES string of the molecule is COc1ccc(C2/C(=C(\O)c3ccc4c(c3)CC(C)O4)C(=O)C(=O)N2CCc2ccccc2)cc1. The number of likely N-dealkylation sites (tertiary alicyclic amines) is 1. The number of aliphatic hydroxyl groups is 1. The monoisotopic (exact) mass is 469 g/mol. The molecular weight excluding hydrogens is 442 g/mol. The highest BCUT2D eigenvalue weighted by molar-refractivity contribution is 6.46. The van der Waals surface area contributed by atoms with Gasteiger partial charge in [-0.2, -0.15) is 0 Å². The standard InChI is InChI=1S/C29H27NO5/c1-18-16-22-17-21(10-13-24(22)35-18)27(31)25-26(20-8-11-23(34-2)12-9-20)30(29(33)28(25)32)15-14-19-6-4-3-5-7-19/h3-13,17-18,26,31H,14-16H2,1-2H3/b27-25+. The van der Waals surface area contributed by atoms with Gasteiger partial charge in [0.2, 0.25) is 0 Å². The average Bonchev–Trinajstić information content (AvgIpc) is 3.38. The Hall–Kier alpha value is -4.06. The molecule has 2 atom stereocenters. The molecule has 5 rings (SSSR count). The number of carbonyl (C=O) groups excluding carboxylic acids is 2. The summed E-state index contributed by atoms with van der Waals surface area (Å²) in [5.41, 5.74) is 3.37. The Morgan fingerprint density at radius 3 is 2.51 bits per heavy atom. The van der Waals surface area contributed by atoms with E-state index in [9.17, 15) is 14.7 Å². The van der Waals surface area contributed by atoms with E-state index in [1.165, 1.54) is 0 Å². The van der Waals surface area contributed by atoms with Crippen LogP contribution in [0.1, 0.15) is 35.2 Å². The lowest BCUT2D eigenvalue weighted by molar-refractivity contribution is -0.139. The summed E-state index contributed by atoms with van der Waals surface area (Å²) in [6.45, 7) is 2.33. The van der Waals surface area contributed by atoms with E-state index in [0.717, 1.165) is 28.9 Å². The quantitative estimate of drug-likeness (QED) is 0.322. The predicted octanol–water partition coefficient (Wildman–Crippen LogP) is 4.68. The second kappa shape index (κ2) is 9.29.